The Morgan fingerprint density at radius 3 is 2.68 bits per heavy atom. The van der Waals surface area contributed by atoms with Gasteiger partial charge in [-0.1, -0.05) is 53.7 Å². The standard InChI is InChI=1S/C22H20N4OS/c1-15-6-8-17(9-7-15)19-13-20-22(23-10-11-26(20)25-19)28-14-21(27)24-18-5-3-4-16(2)12-18/h3-13H,14H2,1-2H3,(H,24,27). The Balaban J connectivity index is 1.50. The lowest BCUT2D eigenvalue weighted by atomic mass is 10.1. The molecule has 0 aliphatic carbocycles. The number of rotatable bonds is 5. The summed E-state index contributed by atoms with van der Waals surface area (Å²) in [7, 11) is 0. The average Bonchev–Trinajstić information content (AvgIpc) is 3.12. The number of carbonyl (C=O) groups is 1. The van der Waals surface area contributed by atoms with Crippen molar-refractivity contribution in [3.05, 3.63) is 78.1 Å². The number of amides is 1. The van der Waals surface area contributed by atoms with E-state index in [0.29, 0.717) is 0 Å². The minimum Gasteiger partial charge on any atom is -0.325 e. The van der Waals surface area contributed by atoms with Gasteiger partial charge in [-0.25, -0.2) is 9.50 Å². The van der Waals surface area contributed by atoms with Crippen LogP contribution >= 0.6 is 11.8 Å². The molecule has 2 aromatic heterocycles. The molecule has 4 aromatic rings. The average molecular weight is 388 g/mol. The minimum atomic E-state index is -0.0577. The number of aromatic nitrogens is 3. The monoisotopic (exact) mass is 388 g/mol. The lowest BCUT2D eigenvalue weighted by molar-refractivity contribution is -0.113. The van der Waals surface area contributed by atoms with Gasteiger partial charge >= 0.3 is 0 Å². The highest BCUT2D eigenvalue weighted by molar-refractivity contribution is 8.00. The van der Waals surface area contributed by atoms with Gasteiger partial charge in [0.05, 0.1) is 17.0 Å². The molecule has 1 amide bonds. The van der Waals surface area contributed by atoms with Crippen LogP contribution in [0.25, 0.3) is 16.8 Å². The van der Waals surface area contributed by atoms with E-state index in [0.717, 1.165) is 33.1 Å². The summed E-state index contributed by atoms with van der Waals surface area (Å²) in [5, 5.41) is 8.35. The molecule has 0 aliphatic rings. The fraction of sp³-hybridized carbons (Fsp3) is 0.136. The first kappa shape index (κ1) is 18.3. The smallest absolute Gasteiger partial charge is 0.234 e. The third kappa shape index (κ3) is 4.07. The van der Waals surface area contributed by atoms with Gasteiger partial charge in [0.15, 0.2) is 0 Å². The first-order valence-corrected chi connectivity index (χ1v) is 9.98. The summed E-state index contributed by atoms with van der Waals surface area (Å²) in [6.07, 6.45) is 3.53. The molecule has 0 fully saturated rings. The topological polar surface area (TPSA) is 59.3 Å². The summed E-state index contributed by atoms with van der Waals surface area (Å²) >= 11 is 1.41. The van der Waals surface area contributed by atoms with E-state index in [2.05, 4.69) is 46.6 Å². The highest BCUT2D eigenvalue weighted by Crippen LogP contribution is 2.26. The van der Waals surface area contributed by atoms with Crippen molar-refractivity contribution in [2.24, 2.45) is 0 Å². The molecule has 6 heteroatoms. The lowest BCUT2D eigenvalue weighted by Gasteiger charge is -2.06. The molecule has 140 valence electrons. The molecule has 2 aromatic carbocycles. The van der Waals surface area contributed by atoms with Crippen molar-refractivity contribution in [2.75, 3.05) is 11.1 Å². The van der Waals surface area contributed by atoms with E-state index in [1.54, 1.807) is 6.20 Å². The van der Waals surface area contributed by atoms with Gasteiger partial charge in [-0.3, -0.25) is 4.79 Å². The molecule has 0 radical (unpaired) electrons. The molecular weight excluding hydrogens is 368 g/mol. The van der Waals surface area contributed by atoms with E-state index in [-0.39, 0.29) is 11.7 Å². The summed E-state index contributed by atoms with van der Waals surface area (Å²) in [5.41, 5.74) is 5.97. The Hall–Kier alpha value is -3.12. The molecule has 5 nitrogen and oxygen atoms in total. The Morgan fingerprint density at radius 1 is 1.07 bits per heavy atom. The van der Waals surface area contributed by atoms with Gasteiger partial charge in [-0.2, -0.15) is 5.10 Å². The van der Waals surface area contributed by atoms with E-state index in [4.69, 9.17) is 0 Å². The first-order chi connectivity index (χ1) is 13.6. The van der Waals surface area contributed by atoms with Crippen molar-refractivity contribution >= 4 is 28.9 Å². The number of aryl methyl sites for hydroxylation is 2. The van der Waals surface area contributed by atoms with Crippen LogP contribution < -0.4 is 5.32 Å². The highest BCUT2D eigenvalue weighted by Gasteiger charge is 2.11. The zero-order valence-electron chi connectivity index (χ0n) is 15.7. The third-order valence-corrected chi connectivity index (χ3v) is 5.34. The van der Waals surface area contributed by atoms with Crippen molar-refractivity contribution < 1.29 is 4.79 Å². The van der Waals surface area contributed by atoms with Crippen LogP contribution in [0.4, 0.5) is 5.69 Å². The van der Waals surface area contributed by atoms with E-state index in [1.807, 2.05) is 48.0 Å². The minimum absolute atomic E-state index is 0.0577. The van der Waals surface area contributed by atoms with Gasteiger partial charge < -0.3 is 5.32 Å². The molecule has 0 spiro atoms. The molecule has 0 saturated heterocycles. The second-order valence-corrected chi connectivity index (χ2v) is 7.63. The Morgan fingerprint density at radius 2 is 1.89 bits per heavy atom. The number of carbonyl (C=O) groups excluding carboxylic acids is 1. The van der Waals surface area contributed by atoms with Crippen molar-refractivity contribution in [2.45, 2.75) is 18.9 Å². The van der Waals surface area contributed by atoms with Crippen LogP contribution in [0.15, 0.2) is 72.0 Å². The number of thioether (sulfide) groups is 1. The van der Waals surface area contributed by atoms with E-state index < -0.39 is 0 Å². The van der Waals surface area contributed by atoms with E-state index >= 15 is 0 Å². The number of hydrogen-bond acceptors (Lipinski definition) is 4. The molecule has 0 bridgehead atoms. The molecule has 0 unspecified atom stereocenters. The number of fused-ring (bicyclic) bond motifs is 1. The summed E-state index contributed by atoms with van der Waals surface area (Å²) in [4.78, 5) is 16.8. The number of nitrogens with zero attached hydrogens (tertiary/aromatic N) is 3. The molecule has 4 rings (SSSR count). The zero-order valence-corrected chi connectivity index (χ0v) is 16.5. The summed E-state index contributed by atoms with van der Waals surface area (Å²) < 4.78 is 1.81. The largest absolute Gasteiger partial charge is 0.325 e. The second-order valence-electron chi connectivity index (χ2n) is 6.66. The molecule has 28 heavy (non-hydrogen) atoms. The second kappa shape index (κ2) is 7.86. The van der Waals surface area contributed by atoms with Gasteiger partial charge in [-0.05, 0) is 37.6 Å². The molecule has 1 N–H and O–H groups in total. The lowest BCUT2D eigenvalue weighted by Crippen LogP contribution is -2.14. The summed E-state index contributed by atoms with van der Waals surface area (Å²) in [5.74, 6) is 0.226. The Labute approximate surface area is 167 Å². The third-order valence-electron chi connectivity index (χ3n) is 4.34. The van der Waals surface area contributed by atoms with Crippen LogP contribution in [0.1, 0.15) is 11.1 Å². The van der Waals surface area contributed by atoms with E-state index in [1.165, 1.54) is 17.3 Å². The van der Waals surface area contributed by atoms with Crippen LogP contribution in [-0.4, -0.2) is 26.3 Å². The quantitative estimate of drug-likeness (QED) is 0.502. The molecular formula is C22H20N4OS. The van der Waals surface area contributed by atoms with Crippen molar-refractivity contribution in [1.82, 2.24) is 14.6 Å². The van der Waals surface area contributed by atoms with Gasteiger partial charge in [0.1, 0.15) is 5.03 Å². The first-order valence-electron chi connectivity index (χ1n) is 8.99. The highest BCUT2D eigenvalue weighted by atomic mass is 32.2. The van der Waals surface area contributed by atoms with Crippen LogP contribution in [0.5, 0.6) is 0 Å². The van der Waals surface area contributed by atoms with Crippen LogP contribution in [0, 0.1) is 13.8 Å². The maximum absolute atomic E-state index is 12.3. The van der Waals surface area contributed by atoms with Crippen LogP contribution in [0.2, 0.25) is 0 Å². The van der Waals surface area contributed by atoms with Crippen LogP contribution in [-0.2, 0) is 4.79 Å². The molecule has 0 aliphatic heterocycles. The van der Waals surface area contributed by atoms with Crippen molar-refractivity contribution in [1.29, 1.82) is 0 Å². The fourth-order valence-electron chi connectivity index (χ4n) is 2.93. The number of nitrogens with one attached hydrogen (secondary N) is 1. The van der Waals surface area contributed by atoms with E-state index in [9.17, 15) is 4.79 Å². The predicted octanol–water partition coefficient (Wildman–Crippen LogP) is 4.74. The van der Waals surface area contributed by atoms with Crippen molar-refractivity contribution in [3.63, 3.8) is 0 Å². The zero-order chi connectivity index (χ0) is 19.5. The predicted molar refractivity (Wildman–Crippen MR) is 114 cm³/mol. The Bertz CT molecular complexity index is 1130. The number of anilines is 1. The van der Waals surface area contributed by atoms with Gasteiger partial charge in [-0.15, -0.1) is 0 Å². The number of benzene rings is 2. The molecule has 2 heterocycles. The maximum Gasteiger partial charge on any atom is 0.234 e. The van der Waals surface area contributed by atoms with Gasteiger partial charge in [0.25, 0.3) is 0 Å². The fourth-order valence-corrected chi connectivity index (χ4v) is 3.70. The van der Waals surface area contributed by atoms with Crippen molar-refractivity contribution in [3.8, 4) is 11.3 Å². The summed E-state index contributed by atoms with van der Waals surface area (Å²) in [6.45, 7) is 4.06. The van der Waals surface area contributed by atoms with Gasteiger partial charge in [0.2, 0.25) is 5.91 Å². The SMILES string of the molecule is Cc1ccc(-c2cc3c(SCC(=O)Nc4cccc(C)c4)nccn3n2)cc1. The summed E-state index contributed by atoms with van der Waals surface area (Å²) in [6, 6.07) is 18.1. The maximum atomic E-state index is 12.3. The molecule has 0 atom stereocenters. The van der Waals surface area contributed by atoms with Crippen LogP contribution in [0.3, 0.4) is 0 Å². The number of hydrogen-bond donors (Lipinski definition) is 1. The Kier molecular flexibility index (Phi) is 5.12. The normalized spacial score (nSPS) is 10.9. The molecule has 0 saturated carbocycles. The van der Waals surface area contributed by atoms with Gasteiger partial charge in [0, 0.05) is 23.6 Å².